The molecule has 0 atom stereocenters. The molecule has 0 bridgehead atoms. The maximum atomic E-state index is 11.5. The van der Waals surface area contributed by atoms with Crippen molar-refractivity contribution in [3.8, 4) is 11.6 Å². The summed E-state index contributed by atoms with van der Waals surface area (Å²) < 4.78 is 10.5. The molecule has 19 heavy (non-hydrogen) atoms. The van der Waals surface area contributed by atoms with Gasteiger partial charge in [0.1, 0.15) is 12.1 Å². The summed E-state index contributed by atoms with van der Waals surface area (Å²) >= 11 is 0. The van der Waals surface area contributed by atoms with Gasteiger partial charge in [-0.3, -0.25) is 0 Å². The first-order chi connectivity index (χ1) is 9.19. The molecule has 98 valence electrons. The molecule has 1 aromatic carbocycles. The smallest absolute Gasteiger partial charge is 0.338 e. The van der Waals surface area contributed by atoms with E-state index in [1.807, 2.05) is 6.92 Å². The van der Waals surface area contributed by atoms with Crippen molar-refractivity contribution in [2.24, 2.45) is 0 Å². The number of benzene rings is 1. The van der Waals surface area contributed by atoms with Crippen molar-refractivity contribution < 1.29 is 14.3 Å². The van der Waals surface area contributed by atoms with Gasteiger partial charge in [-0.05, 0) is 38.1 Å². The average Bonchev–Trinajstić information content (AvgIpc) is 2.40. The van der Waals surface area contributed by atoms with Crippen LogP contribution in [0, 0.1) is 6.92 Å². The predicted molar refractivity (Wildman–Crippen MR) is 69.2 cm³/mol. The second-order valence-corrected chi connectivity index (χ2v) is 3.84. The van der Waals surface area contributed by atoms with E-state index in [2.05, 4.69) is 9.97 Å². The van der Waals surface area contributed by atoms with Crippen LogP contribution in [0.25, 0.3) is 0 Å². The summed E-state index contributed by atoms with van der Waals surface area (Å²) in [4.78, 5) is 19.5. The predicted octanol–water partition coefficient (Wildman–Crippen LogP) is 2.75. The maximum Gasteiger partial charge on any atom is 0.338 e. The van der Waals surface area contributed by atoms with Crippen LogP contribution in [0.3, 0.4) is 0 Å². The summed E-state index contributed by atoms with van der Waals surface area (Å²) in [5.41, 5.74) is 1.32. The second kappa shape index (κ2) is 5.95. The van der Waals surface area contributed by atoms with Gasteiger partial charge in [0.15, 0.2) is 0 Å². The molecule has 1 aromatic heterocycles. The number of hydrogen-bond donors (Lipinski definition) is 0. The number of nitrogens with zero attached hydrogens (tertiary/aromatic N) is 2. The van der Waals surface area contributed by atoms with E-state index in [4.69, 9.17) is 9.47 Å². The van der Waals surface area contributed by atoms with Crippen LogP contribution in [-0.4, -0.2) is 22.5 Å². The van der Waals surface area contributed by atoms with Crippen LogP contribution in [0.2, 0.25) is 0 Å². The fourth-order valence-corrected chi connectivity index (χ4v) is 1.48. The van der Waals surface area contributed by atoms with Gasteiger partial charge in [-0.25, -0.2) is 14.8 Å². The number of rotatable bonds is 4. The molecule has 0 aliphatic heterocycles. The van der Waals surface area contributed by atoms with Crippen molar-refractivity contribution in [1.82, 2.24) is 9.97 Å². The number of carbonyl (C=O) groups excluding carboxylic acids is 1. The summed E-state index contributed by atoms with van der Waals surface area (Å²) in [5.74, 6) is 0.731. The lowest BCUT2D eigenvalue weighted by Gasteiger charge is -2.06. The largest absolute Gasteiger partial charge is 0.462 e. The second-order valence-electron chi connectivity index (χ2n) is 3.84. The Morgan fingerprint density at radius 1 is 1.21 bits per heavy atom. The van der Waals surface area contributed by atoms with Crippen LogP contribution in [0.5, 0.6) is 11.6 Å². The van der Waals surface area contributed by atoms with E-state index < -0.39 is 0 Å². The molecule has 0 amide bonds. The van der Waals surface area contributed by atoms with E-state index in [9.17, 15) is 4.79 Å². The highest BCUT2D eigenvalue weighted by Crippen LogP contribution is 2.19. The van der Waals surface area contributed by atoms with Gasteiger partial charge >= 0.3 is 5.97 Å². The zero-order valence-corrected chi connectivity index (χ0v) is 10.8. The van der Waals surface area contributed by atoms with Crippen molar-refractivity contribution >= 4 is 5.97 Å². The molecule has 1 heterocycles. The normalized spacial score (nSPS) is 10.0. The Hall–Kier alpha value is -2.43. The minimum Gasteiger partial charge on any atom is -0.462 e. The summed E-state index contributed by atoms with van der Waals surface area (Å²) in [6.07, 6.45) is 1.44. The van der Waals surface area contributed by atoms with Gasteiger partial charge in [0.25, 0.3) is 0 Å². The first kappa shape index (κ1) is 13.0. The standard InChI is InChI=1S/C14H14N2O3/c1-3-18-14(17)11-4-6-12(7-5-11)19-13-8-10(2)15-9-16-13/h4-9H,3H2,1-2H3. The molecule has 2 aromatic rings. The van der Waals surface area contributed by atoms with Crippen molar-refractivity contribution in [2.45, 2.75) is 13.8 Å². The van der Waals surface area contributed by atoms with Gasteiger partial charge in [0.2, 0.25) is 5.88 Å². The van der Waals surface area contributed by atoms with Gasteiger partial charge in [-0.2, -0.15) is 0 Å². The van der Waals surface area contributed by atoms with Crippen molar-refractivity contribution in [3.63, 3.8) is 0 Å². The summed E-state index contributed by atoms with van der Waals surface area (Å²) in [5, 5.41) is 0. The molecule has 0 unspecified atom stereocenters. The molecule has 0 aliphatic carbocycles. The van der Waals surface area contributed by atoms with Crippen LogP contribution in [0.4, 0.5) is 0 Å². The third-order valence-electron chi connectivity index (χ3n) is 2.37. The van der Waals surface area contributed by atoms with Crippen LogP contribution in [0.1, 0.15) is 23.0 Å². The molecule has 2 rings (SSSR count). The van der Waals surface area contributed by atoms with Crippen molar-refractivity contribution in [3.05, 3.63) is 47.9 Å². The monoisotopic (exact) mass is 258 g/mol. The number of ether oxygens (including phenoxy) is 2. The SMILES string of the molecule is CCOC(=O)c1ccc(Oc2cc(C)ncn2)cc1. The summed E-state index contributed by atoms with van der Waals surface area (Å²) in [7, 11) is 0. The minimum atomic E-state index is -0.341. The van der Waals surface area contributed by atoms with E-state index >= 15 is 0 Å². The quantitative estimate of drug-likeness (QED) is 0.789. The highest BCUT2D eigenvalue weighted by atomic mass is 16.5. The third kappa shape index (κ3) is 3.51. The van der Waals surface area contributed by atoms with Crippen LogP contribution < -0.4 is 4.74 Å². The lowest BCUT2D eigenvalue weighted by atomic mass is 10.2. The molecule has 0 spiro atoms. The molecular formula is C14H14N2O3. The molecule has 0 fully saturated rings. The lowest BCUT2D eigenvalue weighted by Crippen LogP contribution is -2.04. The zero-order chi connectivity index (χ0) is 13.7. The van der Waals surface area contributed by atoms with E-state index in [0.717, 1.165) is 5.69 Å². The van der Waals surface area contributed by atoms with Crippen LogP contribution in [-0.2, 0) is 4.74 Å². The average molecular weight is 258 g/mol. The third-order valence-corrected chi connectivity index (χ3v) is 2.37. The number of esters is 1. The first-order valence-electron chi connectivity index (χ1n) is 5.92. The van der Waals surface area contributed by atoms with Crippen molar-refractivity contribution in [2.75, 3.05) is 6.61 Å². The highest BCUT2D eigenvalue weighted by molar-refractivity contribution is 5.89. The number of carbonyl (C=O) groups is 1. The van der Waals surface area contributed by atoms with Gasteiger partial charge in [-0.1, -0.05) is 0 Å². The van der Waals surface area contributed by atoms with Gasteiger partial charge < -0.3 is 9.47 Å². The maximum absolute atomic E-state index is 11.5. The Bertz CT molecular complexity index is 567. The fourth-order valence-electron chi connectivity index (χ4n) is 1.48. The first-order valence-corrected chi connectivity index (χ1v) is 5.92. The van der Waals surface area contributed by atoms with Crippen molar-refractivity contribution in [1.29, 1.82) is 0 Å². The molecule has 0 N–H and O–H groups in total. The zero-order valence-electron chi connectivity index (χ0n) is 10.8. The van der Waals surface area contributed by atoms with E-state index in [-0.39, 0.29) is 5.97 Å². The highest BCUT2D eigenvalue weighted by Gasteiger charge is 2.06. The Morgan fingerprint density at radius 3 is 2.58 bits per heavy atom. The molecule has 0 saturated carbocycles. The summed E-state index contributed by atoms with van der Waals surface area (Å²) in [6, 6.07) is 8.44. The van der Waals surface area contributed by atoms with Gasteiger partial charge in [-0.15, -0.1) is 0 Å². The van der Waals surface area contributed by atoms with Crippen LogP contribution >= 0.6 is 0 Å². The Balaban J connectivity index is 2.08. The Kier molecular flexibility index (Phi) is 4.07. The minimum absolute atomic E-state index is 0.341. The molecular weight excluding hydrogens is 244 g/mol. The molecule has 0 saturated heterocycles. The van der Waals surface area contributed by atoms with E-state index in [1.165, 1.54) is 6.33 Å². The molecule has 5 nitrogen and oxygen atoms in total. The summed E-state index contributed by atoms with van der Waals surface area (Å²) in [6.45, 7) is 3.99. The lowest BCUT2D eigenvalue weighted by molar-refractivity contribution is 0.0526. The molecule has 0 aliphatic rings. The topological polar surface area (TPSA) is 61.3 Å². The Labute approximate surface area is 111 Å². The number of aromatic nitrogens is 2. The van der Waals surface area contributed by atoms with E-state index in [1.54, 1.807) is 37.3 Å². The number of aryl methyl sites for hydroxylation is 1. The van der Waals surface area contributed by atoms with Gasteiger partial charge in [0.05, 0.1) is 12.2 Å². The van der Waals surface area contributed by atoms with Gasteiger partial charge in [0, 0.05) is 11.8 Å². The molecule has 0 radical (unpaired) electrons. The van der Waals surface area contributed by atoms with E-state index in [0.29, 0.717) is 23.8 Å². The fraction of sp³-hybridized carbons (Fsp3) is 0.214. The molecule has 5 heteroatoms. The Morgan fingerprint density at radius 2 is 1.95 bits per heavy atom. The van der Waals surface area contributed by atoms with Crippen LogP contribution in [0.15, 0.2) is 36.7 Å². The number of hydrogen-bond acceptors (Lipinski definition) is 5.